The van der Waals surface area contributed by atoms with Crippen molar-refractivity contribution in [3.63, 3.8) is 0 Å². The van der Waals surface area contributed by atoms with Crippen molar-refractivity contribution < 1.29 is 5.11 Å². The summed E-state index contributed by atoms with van der Waals surface area (Å²) >= 11 is 0. The second-order valence-electron chi connectivity index (χ2n) is 6.43. The van der Waals surface area contributed by atoms with Gasteiger partial charge < -0.3 is 10.4 Å². The normalized spacial score (nSPS) is 26.5. The summed E-state index contributed by atoms with van der Waals surface area (Å²) in [6.45, 7) is 0.650. The number of hydrogen-bond acceptors (Lipinski definition) is 2. The summed E-state index contributed by atoms with van der Waals surface area (Å²) in [5.74, 6) is 0.513. The summed E-state index contributed by atoms with van der Waals surface area (Å²) in [7, 11) is 1.90. The molecule has 21 heavy (non-hydrogen) atoms. The Morgan fingerprint density at radius 3 is 2.24 bits per heavy atom. The Labute approximate surface area is 125 Å². The van der Waals surface area contributed by atoms with Crippen molar-refractivity contribution in [3.05, 3.63) is 70.8 Å². The molecule has 0 fully saturated rings. The summed E-state index contributed by atoms with van der Waals surface area (Å²) in [6.07, 6.45) is 1.61. The first-order valence-corrected chi connectivity index (χ1v) is 7.78. The van der Waals surface area contributed by atoms with Crippen LogP contribution in [0, 0.1) is 0 Å². The summed E-state index contributed by atoms with van der Waals surface area (Å²) in [4.78, 5) is 0. The maximum Gasteiger partial charge on any atom is 0.0676 e. The molecule has 2 aromatic carbocycles. The van der Waals surface area contributed by atoms with Crippen LogP contribution in [0.3, 0.4) is 0 Å². The summed E-state index contributed by atoms with van der Waals surface area (Å²) < 4.78 is 0. The van der Waals surface area contributed by atoms with Crippen molar-refractivity contribution in [2.45, 2.75) is 30.3 Å². The van der Waals surface area contributed by atoms with Crippen LogP contribution in [-0.4, -0.2) is 24.8 Å². The van der Waals surface area contributed by atoms with Crippen molar-refractivity contribution in [2.75, 3.05) is 13.6 Å². The molecule has 4 rings (SSSR count). The molecule has 0 aromatic heterocycles. The minimum absolute atomic E-state index is 0.00806. The van der Waals surface area contributed by atoms with Gasteiger partial charge in [0.1, 0.15) is 0 Å². The Kier molecular flexibility index (Phi) is 2.91. The molecular formula is C19H21NO. The van der Waals surface area contributed by atoms with Crippen LogP contribution >= 0.6 is 0 Å². The first kappa shape index (κ1) is 13.1. The fourth-order valence-corrected chi connectivity index (χ4v) is 4.59. The Bertz CT molecular complexity index is 631. The van der Waals surface area contributed by atoms with Crippen molar-refractivity contribution >= 4 is 0 Å². The van der Waals surface area contributed by atoms with Gasteiger partial charge in [-0.2, -0.15) is 0 Å². The smallest absolute Gasteiger partial charge is 0.0676 e. The van der Waals surface area contributed by atoms with Crippen LogP contribution in [0.1, 0.15) is 41.0 Å². The SMILES string of the molecule is CNCC(O)CC12CC(c3ccccc31)c1ccccc12. The zero-order valence-electron chi connectivity index (χ0n) is 12.3. The van der Waals surface area contributed by atoms with Gasteiger partial charge in [0.05, 0.1) is 6.10 Å². The average molecular weight is 279 g/mol. The molecule has 108 valence electrons. The number of likely N-dealkylation sites (N-methyl/N-ethyl adjacent to an activating group) is 1. The quantitative estimate of drug-likeness (QED) is 0.902. The molecule has 0 amide bonds. The molecule has 2 nitrogen and oxygen atoms in total. The topological polar surface area (TPSA) is 32.3 Å². The Hall–Kier alpha value is -1.64. The van der Waals surface area contributed by atoms with E-state index in [9.17, 15) is 5.11 Å². The van der Waals surface area contributed by atoms with Gasteiger partial charge in [0.2, 0.25) is 0 Å². The lowest BCUT2D eigenvalue weighted by atomic mass is 9.72. The van der Waals surface area contributed by atoms with Gasteiger partial charge in [-0.25, -0.2) is 0 Å². The molecule has 2 heteroatoms. The molecule has 2 N–H and O–H groups in total. The maximum atomic E-state index is 10.4. The number of fused-ring (bicyclic) bond motifs is 8. The number of aliphatic hydroxyl groups excluding tert-OH is 1. The Morgan fingerprint density at radius 2 is 1.67 bits per heavy atom. The van der Waals surface area contributed by atoms with Gasteiger partial charge in [-0.3, -0.25) is 0 Å². The van der Waals surface area contributed by atoms with E-state index in [1.165, 1.54) is 22.3 Å². The first-order chi connectivity index (χ1) is 10.3. The third kappa shape index (κ3) is 1.73. The zero-order chi connectivity index (χ0) is 14.4. The maximum absolute atomic E-state index is 10.4. The number of benzene rings is 2. The standard InChI is InChI=1S/C19H21NO/c1-20-12-13(21)10-19-11-16(14-6-2-4-8-17(14)19)15-7-3-5-9-18(15)19/h2-9,13,16,20-21H,10-12H2,1H3. The Balaban J connectivity index is 1.86. The molecule has 2 bridgehead atoms. The number of aliphatic hydroxyl groups is 1. The molecular weight excluding hydrogens is 258 g/mol. The van der Waals surface area contributed by atoms with Crippen LogP contribution in [-0.2, 0) is 5.41 Å². The molecule has 0 aliphatic heterocycles. The molecule has 2 aliphatic carbocycles. The highest BCUT2D eigenvalue weighted by Crippen LogP contribution is 2.61. The van der Waals surface area contributed by atoms with Gasteiger partial charge in [-0.15, -0.1) is 0 Å². The predicted octanol–water partition coefficient (Wildman–Crippen LogP) is 2.79. The van der Waals surface area contributed by atoms with Gasteiger partial charge in [0, 0.05) is 17.9 Å². The number of hydrogen-bond donors (Lipinski definition) is 2. The molecule has 1 unspecified atom stereocenters. The third-order valence-corrected chi connectivity index (χ3v) is 5.28. The minimum Gasteiger partial charge on any atom is -0.392 e. The van der Waals surface area contributed by atoms with Gasteiger partial charge >= 0.3 is 0 Å². The molecule has 0 spiro atoms. The van der Waals surface area contributed by atoms with Crippen LogP contribution in [0.25, 0.3) is 0 Å². The predicted molar refractivity (Wildman–Crippen MR) is 84.7 cm³/mol. The van der Waals surface area contributed by atoms with E-state index in [1.54, 1.807) is 0 Å². The van der Waals surface area contributed by atoms with Crippen LogP contribution in [0.2, 0.25) is 0 Å². The van der Waals surface area contributed by atoms with Gasteiger partial charge in [0.25, 0.3) is 0 Å². The lowest BCUT2D eigenvalue weighted by molar-refractivity contribution is 0.141. The number of nitrogens with one attached hydrogen (secondary N) is 1. The monoisotopic (exact) mass is 279 g/mol. The number of rotatable bonds is 4. The average Bonchev–Trinajstić information content (AvgIpc) is 3.00. The zero-order valence-corrected chi connectivity index (χ0v) is 12.3. The first-order valence-electron chi connectivity index (χ1n) is 7.78. The highest BCUT2D eigenvalue weighted by Gasteiger charge is 2.52. The van der Waals surface area contributed by atoms with Gasteiger partial charge in [-0.1, -0.05) is 48.5 Å². The van der Waals surface area contributed by atoms with E-state index in [1.807, 2.05) is 7.05 Å². The molecule has 2 aromatic rings. The summed E-state index contributed by atoms with van der Waals surface area (Å²) in [5, 5.41) is 13.5. The van der Waals surface area contributed by atoms with E-state index in [-0.39, 0.29) is 11.5 Å². The molecule has 0 heterocycles. The van der Waals surface area contributed by atoms with Crippen molar-refractivity contribution in [1.29, 1.82) is 0 Å². The molecule has 0 radical (unpaired) electrons. The summed E-state index contributed by atoms with van der Waals surface area (Å²) in [6, 6.07) is 17.6. The van der Waals surface area contributed by atoms with Crippen LogP contribution in [0.5, 0.6) is 0 Å². The minimum atomic E-state index is -0.312. The fourth-order valence-electron chi connectivity index (χ4n) is 4.59. The van der Waals surface area contributed by atoms with E-state index >= 15 is 0 Å². The molecule has 0 saturated heterocycles. The van der Waals surface area contributed by atoms with Gasteiger partial charge in [0.15, 0.2) is 0 Å². The van der Waals surface area contributed by atoms with E-state index in [0.29, 0.717) is 12.5 Å². The van der Waals surface area contributed by atoms with Crippen LogP contribution < -0.4 is 5.32 Å². The van der Waals surface area contributed by atoms with Crippen LogP contribution in [0.4, 0.5) is 0 Å². The summed E-state index contributed by atoms with van der Waals surface area (Å²) in [5.41, 5.74) is 5.81. The third-order valence-electron chi connectivity index (χ3n) is 5.28. The van der Waals surface area contributed by atoms with Crippen molar-refractivity contribution in [3.8, 4) is 0 Å². The lowest BCUT2D eigenvalue weighted by Crippen LogP contribution is -2.34. The largest absolute Gasteiger partial charge is 0.392 e. The highest BCUT2D eigenvalue weighted by molar-refractivity contribution is 5.62. The van der Waals surface area contributed by atoms with Crippen molar-refractivity contribution in [2.24, 2.45) is 0 Å². The second kappa shape index (κ2) is 4.69. The lowest BCUT2D eigenvalue weighted by Gasteiger charge is -2.33. The highest BCUT2D eigenvalue weighted by atomic mass is 16.3. The van der Waals surface area contributed by atoms with E-state index in [2.05, 4.69) is 53.8 Å². The van der Waals surface area contributed by atoms with E-state index < -0.39 is 0 Å². The molecule has 2 aliphatic rings. The Morgan fingerprint density at radius 1 is 1.10 bits per heavy atom. The van der Waals surface area contributed by atoms with Crippen molar-refractivity contribution in [1.82, 2.24) is 5.32 Å². The van der Waals surface area contributed by atoms with E-state index in [4.69, 9.17) is 0 Å². The molecule has 0 saturated carbocycles. The van der Waals surface area contributed by atoms with Crippen LogP contribution in [0.15, 0.2) is 48.5 Å². The molecule has 1 atom stereocenters. The van der Waals surface area contributed by atoms with E-state index in [0.717, 1.165) is 12.8 Å². The second-order valence-corrected chi connectivity index (χ2v) is 6.43. The fraction of sp³-hybridized carbons (Fsp3) is 0.368. The van der Waals surface area contributed by atoms with Gasteiger partial charge in [-0.05, 0) is 42.1 Å².